The molecule has 0 fully saturated rings. The summed E-state index contributed by atoms with van der Waals surface area (Å²) in [4.78, 5) is 25.5. The first-order valence-corrected chi connectivity index (χ1v) is 2.60. The summed E-state index contributed by atoms with van der Waals surface area (Å²) in [7, 11) is 0. The molecule has 0 unspecified atom stereocenters. The minimum Gasteiger partial charge on any atom is -0.211 e. The van der Waals surface area contributed by atoms with Gasteiger partial charge >= 0.3 is 0 Å². The van der Waals surface area contributed by atoms with E-state index in [-0.39, 0.29) is 6.54 Å². The zero-order valence-electron chi connectivity index (χ0n) is 5.33. The molecule has 4 nitrogen and oxygen atoms in total. The number of nitrogens with zero attached hydrogens (tertiary/aromatic N) is 2. The number of rotatable bonds is 4. The van der Waals surface area contributed by atoms with Crippen molar-refractivity contribution in [3.63, 3.8) is 0 Å². The van der Waals surface area contributed by atoms with E-state index in [9.17, 15) is 9.59 Å². The fourth-order valence-electron chi connectivity index (χ4n) is 0.351. The molecule has 0 bridgehead atoms. The third kappa shape index (κ3) is 4.65. The molecule has 0 rings (SSSR count). The number of hydrogen-bond acceptors (Lipinski definition) is 4. The van der Waals surface area contributed by atoms with E-state index < -0.39 is 0 Å². The zero-order chi connectivity index (χ0) is 7.82. The highest BCUT2D eigenvalue weighted by atomic mass is 16.1. The van der Waals surface area contributed by atoms with Crippen molar-refractivity contribution < 1.29 is 9.59 Å². The van der Waals surface area contributed by atoms with Crippen molar-refractivity contribution in [3.8, 4) is 0 Å². The van der Waals surface area contributed by atoms with Crippen LogP contribution >= 0.6 is 0 Å². The third-order valence-electron chi connectivity index (χ3n) is 0.780. The first-order chi connectivity index (χ1) is 4.81. The molecule has 0 saturated heterocycles. The van der Waals surface area contributed by atoms with Gasteiger partial charge in [-0.25, -0.2) is 14.6 Å². The van der Waals surface area contributed by atoms with Crippen molar-refractivity contribution in [1.82, 2.24) is 0 Å². The molecule has 0 aliphatic rings. The standard InChI is InChI=1S/C6H6N2O2/c1-6(8-5-10)2-3-7-4-9/h1-3H2. The largest absolute Gasteiger partial charge is 0.240 e. The summed E-state index contributed by atoms with van der Waals surface area (Å²) in [6, 6.07) is 0. The lowest BCUT2D eigenvalue weighted by molar-refractivity contribution is 0.562. The van der Waals surface area contributed by atoms with Crippen molar-refractivity contribution in [2.24, 2.45) is 9.98 Å². The van der Waals surface area contributed by atoms with Gasteiger partial charge in [-0.1, -0.05) is 6.58 Å². The Hall–Kier alpha value is -1.50. The summed E-state index contributed by atoms with van der Waals surface area (Å²) in [5.74, 6) is 0. The van der Waals surface area contributed by atoms with Crippen LogP contribution in [0.1, 0.15) is 6.42 Å². The van der Waals surface area contributed by atoms with Gasteiger partial charge in [-0.05, 0) is 0 Å². The van der Waals surface area contributed by atoms with Crippen LogP contribution in [0.3, 0.4) is 0 Å². The average molecular weight is 138 g/mol. The third-order valence-corrected chi connectivity index (χ3v) is 0.780. The van der Waals surface area contributed by atoms with Crippen LogP contribution in [0, 0.1) is 0 Å². The molecule has 4 heteroatoms. The first kappa shape index (κ1) is 8.50. The zero-order valence-corrected chi connectivity index (χ0v) is 5.33. The molecular formula is C6H6N2O2. The fraction of sp³-hybridized carbons (Fsp3) is 0.333. The van der Waals surface area contributed by atoms with Gasteiger partial charge in [0.1, 0.15) is 0 Å². The van der Waals surface area contributed by atoms with Gasteiger partial charge in [-0.15, -0.1) is 0 Å². The van der Waals surface area contributed by atoms with Gasteiger partial charge < -0.3 is 0 Å². The Morgan fingerprint density at radius 2 is 2.10 bits per heavy atom. The number of isocyanates is 2. The van der Waals surface area contributed by atoms with Crippen molar-refractivity contribution in [1.29, 1.82) is 0 Å². The monoisotopic (exact) mass is 138 g/mol. The highest BCUT2D eigenvalue weighted by Gasteiger charge is 1.87. The minimum atomic E-state index is 0.271. The molecule has 10 heavy (non-hydrogen) atoms. The van der Waals surface area contributed by atoms with E-state index in [0.717, 1.165) is 0 Å². The molecule has 0 N–H and O–H groups in total. The van der Waals surface area contributed by atoms with Crippen LogP contribution in [0.2, 0.25) is 0 Å². The first-order valence-electron chi connectivity index (χ1n) is 2.60. The van der Waals surface area contributed by atoms with Gasteiger partial charge in [0.15, 0.2) is 0 Å². The van der Waals surface area contributed by atoms with Crippen LogP contribution in [-0.4, -0.2) is 18.7 Å². The minimum absolute atomic E-state index is 0.271. The van der Waals surface area contributed by atoms with Crippen LogP contribution in [0.15, 0.2) is 22.3 Å². The van der Waals surface area contributed by atoms with Gasteiger partial charge in [0.2, 0.25) is 12.2 Å². The molecule has 0 atom stereocenters. The Labute approximate surface area is 58.0 Å². The van der Waals surface area contributed by atoms with Gasteiger partial charge in [-0.2, -0.15) is 4.99 Å². The summed E-state index contributed by atoms with van der Waals surface area (Å²) >= 11 is 0. The number of aliphatic imine (C=N–C) groups is 2. The average Bonchev–Trinajstić information content (AvgIpc) is 1.89. The Balaban J connectivity index is 3.59. The molecular weight excluding hydrogens is 132 g/mol. The van der Waals surface area contributed by atoms with Gasteiger partial charge in [0, 0.05) is 12.1 Å². The Morgan fingerprint density at radius 3 is 2.60 bits per heavy atom. The lowest BCUT2D eigenvalue weighted by Crippen LogP contribution is -1.81. The predicted octanol–water partition coefficient (Wildman–Crippen LogP) is 0.562. The Kier molecular flexibility index (Phi) is 4.79. The summed E-state index contributed by atoms with van der Waals surface area (Å²) in [6.45, 7) is 3.67. The highest BCUT2D eigenvalue weighted by molar-refractivity contribution is 5.36. The maximum atomic E-state index is 9.59. The highest BCUT2D eigenvalue weighted by Crippen LogP contribution is 1.96. The van der Waals surface area contributed by atoms with Crippen LogP contribution < -0.4 is 0 Å². The van der Waals surface area contributed by atoms with Crippen molar-refractivity contribution >= 4 is 12.2 Å². The summed E-state index contributed by atoms with van der Waals surface area (Å²) in [5, 5.41) is 0. The molecule has 0 aliphatic carbocycles. The summed E-state index contributed by atoms with van der Waals surface area (Å²) < 4.78 is 0. The number of carbonyl (C=O) groups excluding carboxylic acids is 2. The maximum Gasteiger partial charge on any atom is 0.240 e. The van der Waals surface area contributed by atoms with Gasteiger partial charge in [0.25, 0.3) is 0 Å². The van der Waals surface area contributed by atoms with Crippen molar-refractivity contribution in [2.45, 2.75) is 6.42 Å². The molecule has 0 aromatic heterocycles. The van der Waals surface area contributed by atoms with E-state index in [2.05, 4.69) is 16.6 Å². The predicted molar refractivity (Wildman–Crippen MR) is 34.9 cm³/mol. The van der Waals surface area contributed by atoms with Crippen LogP contribution in [0.25, 0.3) is 0 Å². The van der Waals surface area contributed by atoms with E-state index in [1.807, 2.05) is 0 Å². The molecule has 0 radical (unpaired) electrons. The van der Waals surface area contributed by atoms with Crippen LogP contribution in [-0.2, 0) is 9.59 Å². The lowest BCUT2D eigenvalue weighted by Gasteiger charge is -1.87. The van der Waals surface area contributed by atoms with E-state index >= 15 is 0 Å². The quantitative estimate of drug-likeness (QED) is 0.421. The Bertz CT molecular complexity index is 210. The molecule has 0 aliphatic heterocycles. The SMILES string of the molecule is C=C(CCN=C=O)N=C=O. The van der Waals surface area contributed by atoms with E-state index in [0.29, 0.717) is 12.1 Å². The molecule has 0 amide bonds. The van der Waals surface area contributed by atoms with E-state index in [1.54, 1.807) is 0 Å². The van der Waals surface area contributed by atoms with Crippen LogP contribution in [0.5, 0.6) is 0 Å². The topological polar surface area (TPSA) is 58.9 Å². The second-order valence-electron chi connectivity index (χ2n) is 1.49. The van der Waals surface area contributed by atoms with Gasteiger partial charge in [0.05, 0.1) is 6.54 Å². The maximum absolute atomic E-state index is 9.59. The van der Waals surface area contributed by atoms with E-state index in [1.165, 1.54) is 12.2 Å². The smallest absolute Gasteiger partial charge is 0.211 e. The van der Waals surface area contributed by atoms with E-state index in [4.69, 9.17) is 0 Å². The summed E-state index contributed by atoms with van der Waals surface area (Å²) in [6.07, 6.45) is 3.08. The lowest BCUT2D eigenvalue weighted by atomic mass is 10.3. The molecule has 0 aromatic carbocycles. The van der Waals surface area contributed by atoms with Crippen LogP contribution in [0.4, 0.5) is 0 Å². The molecule has 0 saturated carbocycles. The fourth-order valence-corrected chi connectivity index (χ4v) is 0.351. The molecule has 52 valence electrons. The second-order valence-corrected chi connectivity index (χ2v) is 1.49. The Morgan fingerprint density at radius 1 is 1.40 bits per heavy atom. The second kappa shape index (κ2) is 5.63. The summed E-state index contributed by atoms with van der Waals surface area (Å²) in [5.41, 5.74) is 0.369. The van der Waals surface area contributed by atoms with Crippen molar-refractivity contribution in [3.05, 3.63) is 12.3 Å². The van der Waals surface area contributed by atoms with Gasteiger partial charge in [-0.3, -0.25) is 0 Å². The van der Waals surface area contributed by atoms with Crippen molar-refractivity contribution in [2.75, 3.05) is 6.54 Å². The molecule has 0 heterocycles. The molecule has 0 aromatic rings. The molecule has 0 spiro atoms. The number of hydrogen-bond donors (Lipinski definition) is 0. The normalized spacial score (nSPS) is 7.20.